The normalized spacial score (nSPS) is 14.5. The first kappa shape index (κ1) is 27.9. The van der Waals surface area contributed by atoms with E-state index in [9.17, 15) is 19.5 Å². The van der Waals surface area contributed by atoms with Crippen LogP contribution in [0.2, 0.25) is 0 Å². The van der Waals surface area contributed by atoms with E-state index >= 15 is 0 Å². The molecule has 4 rings (SSSR count). The summed E-state index contributed by atoms with van der Waals surface area (Å²) in [4.78, 5) is 38.6. The standard InChI is InChI=1S/C31H34N2O6/c1-19(2)27(29(35)32-28(20(3)34)30(36)38-17-21-11-5-4-6-12-21)33-31(37)39-18-26-24-15-9-7-13-22(24)23-14-8-10-16-25(23)26/h4-16,19-20,26-28,34H,17-18H2,1-3H3,(H,32,35)(H,33,37)/t20-,27+,28+/m1/s1. The van der Waals surface area contributed by atoms with Crippen LogP contribution in [0, 0.1) is 5.92 Å². The molecule has 0 aromatic heterocycles. The summed E-state index contributed by atoms with van der Waals surface area (Å²) in [6.07, 6.45) is -1.95. The average molecular weight is 531 g/mol. The summed E-state index contributed by atoms with van der Waals surface area (Å²) in [5.41, 5.74) is 5.17. The van der Waals surface area contributed by atoms with Crippen LogP contribution in [0.15, 0.2) is 78.9 Å². The number of rotatable bonds is 10. The minimum Gasteiger partial charge on any atom is -0.459 e. The van der Waals surface area contributed by atoms with Crippen molar-refractivity contribution in [2.45, 2.75) is 51.5 Å². The third kappa shape index (κ3) is 6.64. The fourth-order valence-corrected chi connectivity index (χ4v) is 4.74. The zero-order valence-electron chi connectivity index (χ0n) is 22.3. The molecule has 8 nitrogen and oxygen atoms in total. The number of hydrogen-bond donors (Lipinski definition) is 3. The van der Waals surface area contributed by atoms with Crippen LogP contribution in [-0.4, -0.2) is 47.9 Å². The van der Waals surface area contributed by atoms with Gasteiger partial charge in [-0.2, -0.15) is 0 Å². The van der Waals surface area contributed by atoms with Gasteiger partial charge in [-0.3, -0.25) is 4.79 Å². The monoisotopic (exact) mass is 530 g/mol. The highest BCUT2D eigenvalue weighted by Gasteiger charge is 2.33. The van der Waals surface area contributed by atoms with Crippen LogP contribution in [0.25, 0.3) is 11.1 Å². The van der Waals surface area contributed by atoms with Crippen LogP contribution < -0.4 is 10.6 Å². The Kier molecular flexibility index (Phi) is 8.99. The zero-order chi connectivity index (χ0) is 27.9. The molecule has 0 spiro atoms. The average Bonchev–Trinajstić information content (AvgIpc) is 3.26. The Hall–Kier alpha value is -4.17. The lowest BCUT2D eigenvalue weighted by molar-refractivity contribution is -0.152. The summed E-state index contributed by atoms with van der Waals surface area (Å²) in [6.45, 7) is 5.02. The summed E-state index contributed by atoms with van der Waals surface area (Å²) in [7, 11) is 0. The van der Waals surface area contributed by atoms with E-state index in [1.165, 1.54) is 6.92 Å². The van der Waals surface area contributed by atoms with E-state index in [0.29, 0.717) is 0 Å². The number of aliphatic hydroxyl groups is 1. The number of aliphatic hydroxyl groups excluding tert-OH is 1. The maximum absolute atomic E-state index is 13.1. The summed E-state index contributed by atoms with van der Waals surface area (Å²) in [6, 6.07) is 22.8. The lowest BCUT2D eigenvalue weighted by Crippen LogP contribution is -2.56. The van der Waals surface area contributed by atoms with Crippen molar-refractivity contribution < 1.29 is 29.0 Å². The van der Waals surface area contributed by atoms with Gasteiger partial charge in [-0.05, 0) is 40.7 Å². The van der Waals surface area contributed by atoms with Crippen molar-refractivity contribution in [2.24, 2.45) is 5.92 Å². The van der Waals surface area contributed by atoms with E-state index in [4.69, 9.17) is 9.47 Å². The number of hydrogen-bond acceptors (Lipinski definition) is 6. The quantitative estimate of drug-likeness (QED) is 0.339. The highest BCUT2D eigenvalue weighted by atomic mass is 16.5. The van der Waals surface area contributed by atoms with E-state index in [1.807, 2.05) is 54.6 Å². The molecule has 39 heavy (non-hydrogen) atoms. The summed E-state index contributed by atoms with van der Waals surface area (Å²) < 4.78 is 10.9. The van der Waals surface area contributed by atoms with Crippen molar-refractivity contribution in [1.29, 1.82) is 0 Å². The SMILES string of the molecule is CC(C)[C@H](NC(=O)OCC1c2ccccc2-c2ccccc21)C(=O)N[C@H](C(=O)OCc1ccccc1)[C@@H](C)O. The van der Waals surface area contributed by atoms with Gasteiger partial charge in [0.15, 0.2) is 6.04 Å². The Morgan fingerprint density at radius 1 is 0.769 bits per heavy atom. The molecule has 8 heteroatoms. The molecule has 0 radical (unpaired) electrons. The molecule has 3 N–H and O–H groups in total. The topological polar surface area (TPSA) is 114 Å². The second-order valence-electron chi connectivity index (χ2n) is 10.0. The Balaban J connectivity index is 1.36. The molecule has 2 amide bonds. The fourth-order valence-electron chi connectivity index (χ4n) is 4.74. The Morgan fingerprint density at radius 3 is 1.90 bits per heavy atom. The van der Waals surface area contributed by atoms with E-state index in [1.54, 1.807) is 26.0 Å². The van der Waals surface area contributed by atoms with Crippen LogP contribution in [0.4, 0.5) is 4.79 Å². The summed E-state index contributed by atoms with van der Waals surface area (Å²) in [5, 5.41) is 15.3. The van der Waals surface area contributed by atoms with Gasteiger partial charge in [-0.15, -0.1) is 0 Å². The van der Waals surface area contributed by atoms with Crippen molar-refractivity contribution in [2.75, 3.05) is 6.61 Å². The van der Waals surface area contributed by atoms with Gasteiger partial charge < -0.3 is 25.2 Å². The van der Waals surface area contributed by atoms with Crippen molar-refractivity contribution in [3.63, 3.8) is 0 Å². The molecule has 0 fully saturated rings. The maximum Gasteiger partial charge on any atom is 0.407 e. The number of carbonyl (C=O) groups is 3. The van der Waals surface area contributed by atoms with Gasteiger partial charge in [-0.25, -0.2) is 9.59 Å². The molecular formula is C31H34N2O6. The number of ether oxygens (including phenoxy) is 2. The predicted octanol–water partition coefficient (Wildman–Crippen LogP) is 4.16. The molecule has 1 aliphatic rings. The molecule has 0 saturated heterocycles. The largest absolute Gasteiger partial charge is 0.459 e. The predicted molar refractivity (Wildman–Crippen MR) is 147 cm³/mol. The summed E-state index contributed by atoms with van der Waals surface area (Å²) in [5.74, 6) is -1.83. The molecule has 204 valence electrons. The number of amides is 2. The van der Waals surface area contributed by atoms with Crippen molar-refractivity contribution in [3.8, 4) is 11.1 Å². The number of nitrogens with one attached hydrogen (secondary N) is 2. The smallest absolute Gasteiger partial charge is 0.407 e. The molecule has 3 aromatic carbocycles. The lowest BCUT2D eigenvalue weighted by Gasteiger charge is -2.26. The minimum atomic E-state index is -1.30. The molecule has 0 unspecified atom stereocenters. The Bertz CT molecular complexity index is 1260. The van der Waals surface area contributed by atoms with Gasteiger partial charge in [0.1, 0.15) is 19.3 Å². The van der Waals surface area contributed by atoms with Gasteiger partial charge in [-0.1, -0.05) is 92.7 Å². The van der Waals surface area contributed by atoms with Gasteiger partial charge in [0, 0.05) is 5.92 Å². The van der Waals surface area contributed by atoms with Crippen LogP contribution in [0.3, 0.4) is 0 Å². The van der Waals surface area contributed by atoms with Crippen LogP contribution in [0.1, 0.15) is 43.4 Å². The third-order valence-electron chi connectivity index (χ3n) is 6.82. The first-order valence-corrected chi connectivity index (χ1v) is 13.1. The van der Waals surface area contributed by atoms with Gasteiger partial charge in [0.2, 0.25) is 5.91 Å². The number of alkyl carbamates (subject to hydrolysis) is 1. The van der Waals surface area contributed by atoms with Gasteiger partial charge >= 0.3 is 12.1 Å². The molecule has 3 aromatic rings. The lowest BCUT2D eigenvalue weighted by atomic mass is 9.98. The van der Waals surface area contributed by atoms with Crippen LogP contribution >= 0.6 is 0 Å². The highest BCUT2D eigenvalue weighted by molar-refractivity contribution is 5.90. The zero-order valence-corrected chi connectivity index (χ0v) is 22.3. The van der Waals surface area contributed by atoms with E-state index in [-0.39, 0.29) is 25.0 Å². The summed E-state index contributed by atoms with van der Waals surface area (Å²) >= 11 is 0. The molecule has 1 aliphatic carbocycles. The van der Waals surface area contributed by atoms with Crippen molar-refractivity contribution in [3.05, 3.63) is 95.6 Å². The van der Waals surface area contributed by atoms with Crippen molar-refractivity contribution >= 4 is 18.0 Å². The van der Waals surface area contributed by atoms with E-state index in [0.717, 1.165) is 27.8 Å². The minimum absolute atomic E-state index is 0.00434. The Morgan fingerprint density at radius 2 is 1.33 bits per heavy atom. The van der Waals surface area contributed by atoms with Gasteiger partial charge in [0.25, 0.3) is 0 Å². The first-order valence-electron chi connectivity index (χ1n) is 13.1. The van der Waals surface area contributed by atoms with Crippen LogP contribution in [-0.2, 0) is 25.7 Å². The van der Waals surface area contributed by atoms with Crippen LogP contribution in [0.5, 0.6) is 0 Å². The number of fused-ring (bicyclic) bond motifs is 3. The molecule has 0 bridgehead atoms. The molecule has 3 atom stereocenters. The highest BCUT2D eigenvalue weighted by Crippen LogP contribution is 2.44. The molecular weight excluding hydrogens is 496 g/mol. The van der Waals surface area contributed by atoms with E-state index in [2.05, 4.69) is 22.8 Å². The second kappa shape index (κ2) is 12.6. The molecule has 0 aliphatic heterocycles. The maximum atomic E-state index is 13.1. The fraction of sp³-hybridized carbons (Fsp3) is 0.323. The molecule has 0 saturated carbocycles. The third-order valence-corrected chi connectivity index (χ3v) is 6.82. The molecule has 0 heterocycles. The number of esters is 1. The number of benzene rings is 3. The number of carbonyl (C=O) groups excluding carboxylic acids is 3. The first-order chi connectivity index (χ1) is 18.8. The van der Waals surface area contributed by atoms with E-state index < -0.39 is 36.2 Å². The second-order valence-corrected chi connectivity index (χ2v) is 10.0. The van der Waals surface area contributed by atoms with Crippen molar-refractivity contribution in [1.82, 2.24) is 10.6 Å². The Labute approximate surface area is 228 Å². The van der Waals surface area contributed by atoms with Gasteiger partial charge in [0.05, 0.1) is 6.10 Å².